The Bertz CT molecular complexity index is 666. The van der Waals surface area contributed by atoms with Crippen LogP contribution in [0.15, 0.2) is 47.5 Å². The molecule has 0 aliphatic heterocycles. The zero-order valence-electron chi connectivity index (χ0n) is 11.6. The second kappa shape index (κ2) is 7.25. The van der Waals surface area contributed by atoms with E-state index < -0.39 is 5.91 Å². The number of benzene rings is 1. The van der Waals surface area contributed by atoms with Gasteiger partial charge >= 0.3 is 0 Å². The largest absolute Gasteiger partial charge is 0.490 e. The summed E-state index contributed by atoms with van der Waals surface area (Å²) in [4.78, 5) is 26.6. The maximum absolute atomic E-state index is 12.2. The highest BCUT2D eigenvalue weighted by atomic mass is 16.5. The summed E-state index contributed by atoms with van der Waals surface area (Å²) in [7, 11) is 1.57. The molecule has 2 rings (SSSR count). The van der Waals surface area contributed by atoms with Gasteiger partial charge in [0, 0.05) is 25.6 Å². The summed E-state index contributed by atoms with van der Waals surface area (Å²) in [5.41, 5.74) is 0.283. The SMILES string of the molecule is COCCOc1ccccc1C(=O)Nc1c[nH]ccc1=O. The molecule has 21 heavy (non-hydrogen) atoms. The van der Waals surface area contributed by atoms with E-state index in [1.807, 2.05) is 0 Å². The van der Waals surface area contributed by atoms with E-state index in [1.54, 1.807) is 31.4 Å². The number of carbonyl (C=O) groups excluding carboxylic acids is 1. The van der Waals surface area contributed by atoms with Crippen LogP contribution in [0.3, 0.4) is 0 Å². The summed E-state index contributed by atoms with van der Waals surface area (Å²) in [5, 5.41) is 2.56. The van der Waals surface area contributed by atoms with Crippen molar-refractivity contribution >= 4 is 11.6 Å². The summed E-state index contributed by atoms with van der Waals surface area (Å²) in [6.07, 6.45) is 2.94. The molecule has 2 N–H and O–H groups in total. The van der Waals surface area contributed by atoms with Gasteiger partial charge in [0.2, 0.25) is 5.43 Å². The van der Waals surface area contributed by atoms with Crippen molar-refractivity contribution in [3.8, 4) is 5.75 Å². The number of hydrogen-bond acceptors (Lipinski definition) is 4. The van der Waals surface area contributed by atoms with E-state index >= 15 is 0 Å². The standard InChI is InChI=1S/C15H16N2O4/c1-20-8-9-21-14-5-3-2-4-11(14)15(19)17-12-10-16-7-6-13(12)18/h2-7,10H,8-9H2,1H3,(H,16,18)(H,17,19). The Hall–Kier alpha value is -2.60. The van der Waals surface area contributed by atoms with E-state index in [0.29, 0.717) is 24.5 Å². The van der Waals surface area contributed by atoms with Gasteiger partial charge in [-0.2, -0.15) is 0 Å². The fourth-order valence-electron chi connectivity index (χ4n) is 1.72. The molecule has 0 saturated carbocycles. The average Bonchev–Trinajstić information content (AvgIpc) is 2.50. The van der Waals surface area contributed by atoms with Gasteiger partial charge in [-0.3, -0.25) is 9.59 Å². The molecule has 0 spiro atoms. The van der Waals surface area contributed by atoms with E-state index in [-0.39, 0.29) is 11.1 Å². The van der Waals surface area contributed by atoms with E-state index in [2.05, 4.69) is 10.3 Å². The summed E-state index contributed by atoms with van der Waals surface area (Å²) < 4.78 is 10.4. The molecule has 1 heterocycles. The minimum absolute atomic E-state index is 0.189. The number of H-pyrrole nitrogens is 1. The number of methoxy groups -OCH3 is 1. The van der Waals surface area contributed by atoms with E-state index in [0.717, 1.165) is 0 Å². The van der Waals surface area contributed by atoms with Crippen LogP contribution in [-0.2, 0) is 4.74 Å². The molecule has 0 aliphatic carbocycles. The Morgan fingerprint density at radius 3 is 2.81 bits per heavy atom. The molecule has 0 radical (unpaired) electrons. The molecule has 0 saturated heterocycles. The number of ether oxygens (including phenoxy) is 2. The van der Waals surface area contributed by atoms with Gasteiger partial charge in [0.1, 0.15) is 18.0 Å². The molecule has 6 nitrogen and oxygen atoms in total. The number of aromatic nitrogens is 1. The highest BCUT2D eigenvalue weighted by Crippen LogP contribution is 2.18. The number of para-hydroxylation sites is 1. The lowest BCUT2D eigenvalue weighted by Gasteiger charge is -2.11. The lowest BCUT2D eigenvalue weighted by molar-refractivity contribution is 0.101. The molecule has 0 atom stereocenters. The van der Waals surface area contributed by atoms with Gasteiger partial charge in [0.25, 0.3) is 5.91 Å². The summed E-state index contributed by atoms with van der Waals surface area (Å²) in [6, 6.07) is 8.17. The first-order valence-electron chi connectivity index (χ1n) is 6.41. The molecule has 0 bridgehead atoms. The van der Waals surface area contributed by atoms with Crippen molar-refractivity contribution in [1.82, 2.24) is 4.98 Å². The van der Waals surface area contributed by atoms with Crippen LogP contribution in [0.4, 0.5) is 5.69 Å². The van der Waals surface area contributed by atoms with Crippen molar-refractivity contribution < 1.29 is 14.3 Å². The van der Waals surface area contributed by atoms with E-state index in [9.17, 15) is 9.59 Å². The van der Waals surface area contributed by atoms with Crippen molar-refractivity contribution in [2.24, 2.45) is 0 Å². The van der Waals surface area contributed by atoms with Gasteiger partial charge in [0.05, 0.1) is 12.2 Å². The van der Waals surface area contributed by atoms with Crippen molar-refractivity contribution in [2.75, 3.05) is 25.6 Å². The molecule has 1 amide bonds. The highest BCUT2D eigenvalue weighted by molar-refractivity contribution is 6.06. The van der Waals surface area contributed by atoms with Crippen molar-refractivity contribution in [1.29, 1.82) is 0 Å². The summed E-state index contributed by atoms with van der Waals surface area (Å²) >= 11 is 0. The minimum Gasteiger partial charge on any atom is -0.490 e. The van der Waals surface area contributed by atoms with Gasteiger partial charge in [-0.05, 0) is 12.1 Å². The number of anilines is 1. The smallest absolute Gasteiger partial charge is 0.259 e. The van der Waals surface area contributed by atoms with Crippen LogP contribution in [0.5, 0.6) is 5.75 Å². The van der Waals surface area contributed by atoms with Crippen molar-refractivity contribution in [3.63, 3.8) is 0 Å². The molecule has 0 fully saturated rings. The van der Waals surface area contributed by atoms with Crippen LogP contribution >= 0.6 is 0 Å². The summed E-state index contributed by atoms with van der Waals surface area (Å²) in [5.74, 6) is 0.0409. The number of nitrogens with one attached hydrogen (secondary N) is 2. The number of aromatic amines is 1. The van der Waals surface area contributed by atoms with Crippen molar-refractivity contribution in [3.05, 3.63) is 58.5 Å². The zero-order chi connectivity index (χ0) is 15.1. The van der Waals surface area contributed by atoms with Crippen LogP contribution in [-0.4, -0.2) is 31.2 Å². The van der Waals surface area contributed by atoms with E-state index in [1.165, 1.54) is 18.5 Å². The van der Waals surface area contributed by atoms with Crippen LogP contribution < -0.4 is 15.5 Å². The number of hydrogen-bond donors (Lipinski definition) is 2. The lowest BCUT2D eigenvalue weighted by atomic mass is 10.2. The van der Waals surface area contributed by atoms with E-state index in [4.69, 9.17) is 9.47 Å². The second-order valence-corrected chi connectivity index (χ2v) is 4.21. The van der Waals surface area contributed by atoms with Gasteiger partial charge in [-0.1, -0.05) is 12.1 Å². The first kappa shape index (κ1) is 14.8. The number of rotatable bonds is 6. The first-order chi connectivity index (χ1) is 10.2. The molecule has 110 valence electrons. The lowest BCUT2D eigenvalue weighted by Crippen LogP contribution is -2.19. The Balaban J connectivity index is 2.15. The Morgan fingerprint density at radius 1 is 1.24 bits per heavy atom. The third kappa shape index (κ3) is 3.93. The molecule has 0 aliphatic rings. The van der Waals surface area contributed by atoms with Gasteiger partial charge in [-0.25, -0.2) is 0 Å². The number of pyridine rings is 1. The molecule has 0 unspecified atom stereocenters. The normalized spacial score (nSPS) is 10.1. The Morgan fingerprint density at radius 2 is 2.05 bits per heavy atom. The summed E-state index contributed by atoms with van der Waals surface area (Å²) in [6.45, 7) is 0.765. The first-order valence-corrected chi connectivity index (χ1v) is 6.41. The monoisotopic (exact) mass is 288 g/mol. The number of carbonyl (C=O) groups is 1. The van der Waals surface area contributed by atoms with Crippen LogP contribution in [0.1, 0.15) is 10.4 Å². The maximum atomic E-state index is 12.2. The molecular formula is C15H16N2O4. The molecule has 2 aromatic rings. The van der Waals surface area contributed by atoms with Gasteiger partial charge in [-0.15, -0.1) is 0 Å². The molecule has 1 aromatic heterocycles. The molecular weight excluding hydrogens is 272 g/mol. The maximum Gasteiger partial charge on any atom is 0.259 e. The van der Waals surface area contributed by atoms with Crippen molar-refractivity contribution in [2.45, 2.75) is 0 Å². The predicted molar refractivity (Wildman–Crippen MR) is 78.8 cm³/mol. The topological polar surface area (TPSA) is 80.4 Å². The molecule has 6 heteroatoms. The van der Waals surface area contributed by atoms with Crippen LogP contribution in [0.2, 0.25) is 0 Å². The van der Waals surface area contributed by atoms with Crippen LogP contribution in [0, 0.1) is 0 Å². The Labute approximate surface area is 121 Å². The van der Waals surface area contributed by atoms with Crippen LogP contribution in [0.25, 0.3) is 0 Å². The minimum atomic E-state index is -0.403. The fourth-order valence-corrected chi connectivity index (χ4v) is 1.72. The quantitative estimate of drug-likeness (QED) is 0.792. The highest BCUT2D eigenvalue weighted by Gasteiger charge is 2.13. The van der Waals surface area contributed by atoms with Gasteiger partial charge < -0.3 is 19.8 Å². The number of amides is 1. The van der Waals surface area contributed by atoms with Gasteiger partial charge in [0.15, 0.2) is 0 Å². The third-order valence-corrected chi connectivity index (χ3v) is 2.75. The second-order valence-electron chi connectivity index (χ2n) is 4.21. The average molecular weight is 288 g/mol. The predicted octanol–water partition coefficient (Wildman–Crippen LogP) is 1.65. The third-order valence-electron chi connectivity index (χ3n) is 2.75. The zero-order valence-corrected chi connectivity index (χ0v) is 11.6. The fraction of sp³-hybridized carbons (Fsp3) is 0.200. The Kier molecular flexibility index (Phi) is 5.11. The molecule has 1 aromatic carbocycles.